The molecule has 1 atom stereocenters. The fraction of sp³-hybridized carbons (Fsp3) is 0.600. The monoisotopic (exact) mass is 296 g/mol. The fourth-order valence-electron chi connectivity index (χ4n) is 2.45. The number of benzene rings is 1. The fourth-order valence-corrected chi connectivity index (χ4v) is 4.13. The van der Waals surface area contributed by atoms with Gasteiger partial charge in [-0.15, -0.1) is 0 Å². The van der Waals surface area contributed by atoms with Gasteiger partial charge < -0.3 is 5.73 Å². The van der Waals surface area contributed by atoms with Crippen molar-refractivity contribution in [2.24, 2.45) is 5.92 Å². The molecule has 0 aromatic heterocycles. The van der Waals surface area contributed by atoms with E-state index in [1.165, 1.54) is 12.8 Å². The highest BCUT2D eigenvalue weighted by Gasteiger charge is 2.28. The third kappa shape index (κ3) is 3.73. The molecule has 0 radical (unpaired) electrons. The Morgan fingerprint density at radius 2 is 2.05 bits per heavy atom. The Balaban J connectivity index is 2.22. The highest BCUT2D eigenvalue weighted by atomic mass is 32.2. The molecule has 0 amide bonds. The molecule has 0 heterocycles. The van der Waals surface area contributed by atoms with Crippen LogP contribution in [-0.2, 0) is 16.4 Å². The Hall–Kier alpha value is -1.07. The molecule has 1 fully saturated rings. The van der Waals surface area contributed by atoms with Crippen LogP contribution in [-0.4, -0.2) is 14.5 Å². The summed E-state index contributed by atoms with van der Waals surface area (Å²) in [4.78, 5) is 0.328. The van der Waals surface area contributed by atoms with Crippen molar-refractivity contribution in [1.29, 1.82) is 0 Å². The van der Waals surface area contributed by atoms with E-state index in [-0.39, 0.29) is 6.04 Å². The molecule has 1 aliphatic rings. The first-order chi connectivity index (χ1) is 9.46. The van der Waals surface area contributed by atoms with E-state index in [0.29, 0.717) is 22.9 Å². The zero-order valence-electron chi connectivity index (χ0n) is 12.2. The number of nitrogens with one attached hydrogen (secondary N) is 1. The van der Waals surface area contributed by atoms with Crippen molar-refractivity contribution in [2.45, 2.75) is 56.9 Å². The van der Waals surface area contributed by atoms with Crippen LogP contribution in [0.3, 0.4) is 0 Å². The van der Waals surface area contributed by atoms with Crippen molar-refractivity contribution < 1.29 is 8.42 Å². The number of anilines is 1. The van der Waals surface area contributed by atoms with E-state index in [0.717, 1.165) is 18.4 Å². The van der Waals surface area contributed by atoms with Crippen LogP contribution in [0.4, 0.5) is 5.69 Å². The number of nitrogen functional groups attached to an aromatic ring is 1. The molecule has 3 N–H and O–H groups in total. The summed E-state index contributed by atoms with van der Waals surface area (Å²) >= 11 is 0. The molecular formula is C15H24N2O2S. The number of sulfonamides is 1. The van der Waals surface area contributed by atoms with E-state index in [2.05, 4.69) is 4.72 Å². The molecule has 5 heteroatoms. The van der Waals surface area contributed by atoms with E-state index < -0.39 is 10.0 Å². The first kappa shape index (κ1) is 15.3. The minimum Gasteiger partial charge on any atom is -0.399 e. The average molecular weight is 296 g/mol. The van der Waals surface area contributed by atoms with Crippen LogP contribution in [0.5, 0.6) is 0 Å². The van der Waals surface area contributed by atoms with E-state index in [9.17, 15) is 8.42 Å². The molecule has 0 spiro atoms. The van der Waals surface area contributed by atoms with Crippen LogP contribution in [0.1, 0.15) is 45.1 Å². The van der Waals surface area contributed by atoms with E-state index in [4.69, 9.17) is 5.73 Å². The van der Waals surface area contributed by atoms with Gasteiger partial charge in [0.25, 0.3) is 0 Å². The molecule has 20 heavy (non-hydrogen) atoms. The number of aryl methyl sites for hydroxylation is 1. The third-order valence-electron chi connectivity index (χ3n) is 3.89. The molecule has 4 nitrogen and oxygen atoms in total. The summed E-state index contributed by atoms with van der Waals surface area (Å²) in [6.07, 6.45) is 4.91. The topological polar surface area (TPSA) is 72.2 Å². The van der Waals surface area contributed by atoms with Gasteiger partial charge in [-0.25, -0.2) is 13.1 Å². The second kappa shape index (κ2) is 6.14. The maximum atomic E-state index is 12.6. The van der Waals surface area contributed by atoms with Crippen molar-refractivity contribution in [2.75, 3.05) is 5.73 Å². The largest absolute Gasteiger partial charge is 0.399 e. The molecule has 2 rings (SSSR count). The van der Waals surface area contributed by atoms with Crippen molar-refractivity contribution >= 4 is 15.7 Å². The Bertz CT molecular complexity index is 565. The lowest BCUT2D eigenvalue weighted by Gasteiger charge is -2.18. The maximum absolute atomic E-state index is 12.6. The smallest absolute Gasteiger partial charge is 0.241 e. The van der Waals surface area contributed by atoms with Gasteiger partial charge in [-0.2, -0.15) is 0 Å². The molecule has 1 aliphatic carbocycles. The molecule has 1 unspecified atom stereocenters. The van der Waals surface area contributed by atoms with Gasteiger partial charge in [-0.1, -0.05) is 32.8 Å². The van der Waals surface area contributed by atoms with E-state index >= 15 is 0 Å². The molecule has 0 aliphatic heterocycles. The predicted molar refractivity (Wildman–Crippen MR) is 82.0 cm³/mol. The quantitative estimate of drug-likeness (QED) is 0.760. The maximum Gasteiger partial charge on any atom is 0.241 e. The van der Waals surface area contributed by atoms with Gasteiger partial charge in [0, 0.05) is 11.7 Å². The normalized spacial score (nSPS) is 17.1. The second-order valence-corrected chi connectivity index (χ2v) is 7.31. The van der Waals surface area contributed by atoms with Crippen molar-refractivity contribution in [3.8, 4) is 0 Å². The van der Waals surface area contributed by atoms with Crippen LogP contribution in [0.25, 0.3) is 0 Å². The molecule has 112 valence electrons. The van der Waals surface area contributed by atoms with Gasteiger partial charge >= 0.3 is 0 Å². The standard InChI is InChI=1S/C15H24N2O2S/c1-3-12-7-8-13(16)10-15(12)20(18,19)17-14(4-2)9-11-5-6-11/h7-8,10-11,14,17H,3-6,9,16H2,1-2H3. The van der Waals surface area contributed by atoms with Crippen LogP contribution in [0, 0.1) is 5.92 Å². The zero-order chi connectivity index (χ0) is 14.8. The minimum atomic E-state index is -3.48. The van der Waals surface area contributed by atoms with Crippen LogP contribution in [0.2, 0.25) is 0 Å². The third-order valence-corrected chi connectivity index (χ3v) is 5.49. The molecule has 0 saturated heterocycles. The first-order valence-electron chi connectivity index (χ1n) is 7.37. The van der Waals surface area contributed by atoms with Gasteiger partial charge in [0.2, 0.25) is 10.0 Å². The van der Waals surface area contributed by atoms with E-state index in [1.54, 1.807) is 18.2 Å². The summed E-state index contributed by atoms with van der Waals surface area (Å²) in [6.45, 7) is 3.97. The lowest BCUT2D eigenvalue weighted by Crippen LogP contribution is -2.35. The molecule has 1 aromatic rings. The molecule has 1 saturated carbocycles. The summed E-state index contributed by atoms with van der Waals surface area (Å²) in [5.41, 5.74) is 7.04. The Morgan fingerprint density at radius 3 is 2.60 bits per heavy atom. The van der Waals surface area contributed by atoms with Crippen molar-refractivity contribution in [1.82, 2.24) is 4.72 Å². The first-order valence-corrected chi connectivity index (χ1v) is 8.85. The predicted octanol–water partition coefficient (Wildman–Crippen LogP) is 2.69. The summed E-state index contributed by atoms with van der Waals surface area (Å²) < 4.78 is 28.0. The number of hydrogen-bond donors (Lipinski definition) is 2. The highest BCUT2D eigenvalue weighted by molar-refractivity contribution is 7.89. The van der Waals surface area contributed by atoms with Crippen LogP contribution < -0.4 is 10.5 Å². The zero-order valence-corrected chi connectivity index (χ0v) is 13.0. The molecule has 0 bridgehead atoms. The lowest BCUT2D eigenvalue weighted by atomic mass is 10.1. The van der Waals surface area contributed by atoms with Crippen molar-refractivity contribution in [3.05, 3.63) is 23.8 Å². The van der Waals surface area contributed by atoms with Crippen LogP contribution >= 0.6 is 0 Å². The molecular weight excluding hydrogens is 272 g/mol. The minimum absolute atomic E-state index is 0.0265. The summed E-state index contributed by atoms with van der Waals surface area (Å²) in [7, 11) is -3.48. The Morgan fingerprint density at radius 1 is 1.35 bits per heavy atom. The SMILES string of the molecule is CCc1ccc(N)cc1S(=O)(=O)NC(CC)CC1CC1. The van der Waals surface area contributed by atoms with Gasteiger partial charge in [0.15, 0.2) is 0 Å². The van der Waals surface area contributed by atoms with Gasteiger partial charge in [0.05, 0.1) is 4.90 Å². The summed E-state index contributed by atoms with van der Waals surface area (Å²) in [5.74, 6) is 0.703. The number of hydrogen-bond acceptors (Lipinski definition) is 3. The number of nitrogens with two attached hydrogens (primary N) is 1. The Labute approximate surface area is 121 Å². The summed E-state index contributed by atoms with van der Waals surface area (Å²) in [5, 5.41) is 0. The van der Waals surface area contributed by atoms with Crippen LogP contribution in [0.15, 0.2) is 23.1 Å². The lowest BCUT2D eigenvalue weighted by molar-refractivity contribution is 0.495. The van der Waals surface area contributed by atoms with Gasteiger partial charge in [-0.05, 0) is 42.9 Å². The van der Waals surface area contributed by atoms with Crippen molar-refractivity contribution in [3.63, 3.8) is 0 Å². The average Bonchev–Trinajstić information content (AvgIpc) is 3.21. The van der Waals surface area contributed by atoms with E-state index in [1.807, 2.05) is 13.8 Å². The number of rotatable bonds is 7. The second-order valence-electron chi connectivity index (χ2n) is 5.63. The highest BCUT2D eigenvalue weighted by Crippen LogP contribution is 2.34. The Kier molecular flexibility index (Phi) is 4.70. The molecule has 1 aromatic carbocycles. The van der Waals surface area contributed by atoms with Gasteiger partial charge in [0.1, 0.15) is 0 Å². The van der Waals surface area contributed by atoms with Gasteiger partial charge in [-0.3, -0.25) is 0 Å². The summed E-state index contributed by atoms with van der Waals surface area (Å²) in [6, 6.07) is 5.13.